The Labute approximate surface area is 126 Å². The molecule has 1 N–H and O–H groups in total. The minimum Gasteiger partial charge on any atom is -0.308 e. The zero-order chi connectivity index (χ0) is 14.9. The second-order valence-electron chi connectivity index (χ2n) is 7.87. The molecule has 3 atom stereocenters. The summed E-state index contributed by atoms with van der Waals surface area (Å²) in [4.78, 5) is 2.86. The van der Waals surface area contributed by atoms with Crippen LogP contribution in [0.15, 0.2) is 0 Å². The zero-order valence-electron chi connectivity index (χ0n) is 14.6. The average Bonchev–Trinajstić information content (AvgIpc) is 3.24. The topological polar surface area (TPSA) is 15.3 Å². The van der Waals surface area contributed by atoms with Crippen molar-refractivity contribution in [3.63, 3.8) is 0 Å². The number of piperazine rings is 1. The van der Waals surface area contributed by atoms with Crippen LogP contribution < -0.4 is 5.32 Å². The lowest BCUT2D eigenvalue weighted by Gasteiger charge is -2.52. The number of nitrogens with one attached hydrogen (secondary N) is 1. The van der Waals surface area contributed by atoms with E-state index in [0.29, 0.717) is 11.6 Å². The molecule has 0 aromatic rings. The molecule has 2 heteroatoms. The maximum Gasteiger partial charge on any atom is 0.0309 e. The molecule has 2 fully saturated rings. The maximum atomic E-state index is 3.91. The fourth-order valence-electron chi connectivity index (χ4n) is 4.31. The van der Waals surface area contributed by atoms with Crippen LogP contribution in [0, 0.1) is 17.8 Å². The predicted molar refractivity (Wildman–Crippen MR) is 88.0 cm³/mol. The zero-order valence-corrected chi connectivity index (χ0v) is 14.6. The Morgan fingerprint density at radius 2 is 1.75 bits per heavy atom. The van der Waals surface area contributed by atoms with E-state index in [0.717, 1.165) is 23.8 Å². The van der Waals surface area contributed by atoms with E-state index in [2.05, 4.69) is 51.8 Å². The first kappa shape index (κ1) is 16.3. The van der Waals surface area contributed by atoms with Crippen LogP contribution in [0.4, 0.5) is 0 Å². The van der Waals surface area contributed by atoms with Crippen molar-refractivity contribution in [3.8, 4) is 0 Å². The molecule has 2 nitrogen and oxygen atoms in total. The molecular weight excluding hydrogens is 244 g/mol. The standard InChI is InChI=1S/C18H36N2/c1-7-15(8-2)14(5)20-12-18(6,16-9-10-16)19-11-17(20)13(3)4/h13-17,19H,7-12H2,1-6H3. The Hall–Kier alpha value is -0.0800. The molecule has 0 spiro atoms. The number of hydrogen-bond donors (Lipinski definition) is 1. The van der Waals surface area contributed by atoms with Gasteiger partial charge in [0.1, 0.15) is 0 Å². The van der Waals surface area contributed by atoms with Crippen LogP contribution in [-0.4, -0.2) is 35.6 Å². The van der Waals surface area contributed by atoms with Crippen molar-refractivity contribution in [2.45, 2.75) is 84.8 Å². The smallest absolute Gasteiger partial charge is 0.0309 e. The summed E-state index contributed by atoms with van der Waals surface area (Å²) in [5.74, 6) is 2.51. The molecule has 0 aromatic heterocycles. The van der Waals surface area contributed by atoms with Gasteiger partial charge in [0.05, 0.1) is 0 Å². The molecule has 0 amide bonds. The molecule has 1 aliphatic carbocycles. The molecule has 3 unspecified atom stereocenters. The van der Waals surface area contributed by atoms with Gasteiger partial charge in [0.15, 0.2) is 0 Å². The van der Waals surface area contributed by atoms with E-state index in [9.17, 15) is 0 Å². The van der Waals surface area contributed by atoms with E-state index in [4.69, 9.17) is 0 Å². The summed E-state index contributed by atoms with van der Waals surface area (Å²) < 4.78 is 0. The number of rotatable bonds is 6. The van der Waals surface area contributed by atoms with Crippen molar-refractivity contribution in [1.82, 2.24) is 10.2 Å². The molecule has 20 heavy (non-hydrogen) atoms. The van der Waals surface area contributed by atoms with Gasteiger partial charge in [-0.15, -0.1) is 0 Å². The molecule has 118 valence electrons. The van der Waals surface area contributed by atoms with E-state index < -0.39 is 0 Å². The van der Waals surface area contributed by atoms with Crippen molar-refractivity contribution in [3.05, 3.63) is 0 Å². The van der Waals surface area contributed by atoms with Gasteiger partial charge in [-0.1, -0.05) is 40.5 Å². The van der Waals surface area contributed by atoms with Crippen LogP contribution in [0.5, 0.6) is 0 Å². The number of nitrogens with zero attached hydrogens (tertiary/aromatic N) is 1. The Kier molecular flexibility index (Phi) is 5.18. The van der Waals surface area contributed by atoms with Gasteiger partial charge in [-0.25, -0.2) is 0 Å². The van der Waals surface area contributed by atoms with Crippen molar-refractivity contribution in [2.24, 2.45) is 17.8 Å². The summed E-state index contributed by atoms with van der Waals surface area (Å²) in [6.45, 7) is 16.9. The van der Waals surface area contributed by atoms with E-state index in [1.54, 1.807) is 0 Å². The highest BCUT2D eigenvalue weighted by molar-refractivity contribution is 5.05. The summed E-state index contributed by atoms with van der Waals surface area (Å²) in [5.41, 5.74) is 0.367. The summed E-state index contributed by atoms with van der Waals surface area (Å²) >= 11 is 0. The van der Waals surface area contributed by atoms with Gasteiger partial charge in [0.2, 0.25) is 0 Å². The summed E-state index contributed by atoms with van der Waals surface area (Å²) in [6.07, 6.45) is 5.49. The molecule has 2 aliphatic rings. The first-order valence-corrected chi connectivity index (χ1v) is 8.93. The molecular formula is C18H36N2. The fourth-order valence-corrected chi connectivity index (χ4v) is 4.31. The van der Waals surface area contributed by atoms with Gasteiger partial charge in [0, 0.05) is 30.7 Å². The van der Waals surface area contributed by atoms with Gasteiger partial charge in [-0.05, 0) is 44.4 Å². The molecule has 0 bridgehead atoms. The SMILES string of the molecule is CCC(CC)C(C)N1CC(C)(C2CC2)NCC1C(C)C. The van der Waals surface area contributed by atoms with Crippen molar-refractivity contribution in [1.29, 1.82) is 0 Å². The van der Waals surface area contributed by atoms with Crippen LogP contribution in [0.1, 0.15) is 67.2 Å². The lowest BCUT2D eigenvalue weighted by atomic mass is 9.84. The second-order valence-corrected chi connectivity index (χ2v) is 7.87. The maximum absolute atomic E-state index is 3.91. The second kappa shape index (κ2) is 6.36. The van der Waals surface area contributed by atoms with Crippen LogP contribution in [0.25, 0.3) is 0 Å². The molecule has 1 aliphatic heterocycles. The molecule has 0 aromatic carbocycles. The summed E-state index contributed by atoms with van der Waals surface area (Å²) in [5, 5.41) is 3.91. The minimum absolute atomic E-state index is 0.367. The predicted octanol–water partition coefficient (Wildman–Crippen LogP) is 3.91. The molecule has 2 rings (SSSR count). The van der Waals surface area contributed by atoms with Crippen molar-refractivity contribution >= 4 is 0 Å². The highest BCUT2D eigenvalue weighted by atomic mass is 15.3. The van der Waals surface area contributed by atoms with E-state index >= 15 is 0 Å². The first-order valence-electron chi connectivity index (χ1n) is 8.93. The average molecular weight is 280 g/mol. The van der Waals surface area contributed by atoms with Gasteiger partial charge in [-0.3, -0.25) is 4.90 Å². The minimum atomic E-state index is 0.367. The normalized spacial score (nSPS) is 33.9. The lowest BCUT2D eigenvalue weighted by molar-refractivity contribution is 0.00299. The Bertz CT molecular complexity index is 307. The third-order valence-corrected chi connectivity index (χ3v) is 6.15. The lowest BCUT2D eigenvalue weighted by Crippen LogP contribution is -2.67. The molecule has 0 radical (unpaired) electrons. The first-order chi connectivity index (χ1) is 9.42. The van der Waals surface area contributed by atoms with E-state index in [1.807, 2.05) is 0 Å². The van der Waals surface area contributed by atoms with Gasteiger partial charge in [-0.2, -0.15) is 0 Å². The molecule has 1 saturated heterocycles. The Morgan fingerprint density at radius 1 is 1.15 bits per heavy atom. The third kappa shape index (κ3) is 3.22. The third-order valence-electron chi connectivity index (χ3n) is 6.15. The van der Waals surface area contributed by atoms with Gasteiger partial charge < -0.3 is 5.32 Å². The monoisotopic (exact) mass is 280 g/mol. The Balaban J connectivity index is 2.13. The van der Waals surface area contributed by atoms with Gasteiger partial charge >= 0.3 is 0 Å². The van der Waals surface area contributed by atoms with Crippen LogP contribution in [-0.2, 0) is 0 Å². The number of hydrogen-bond acceptors (Lipinski definition) is 2. The van der Waals surface area contributed by atoms with Crippen LogP contribution >= 0.6 is 0 Å². The van der Waals surface area contributed by atoms with E-state index in [-0.39, 0.29) is 0 Å². The summed E-state index contributed by atoms with van der Waals surface area (Å²) in [7, 11) is 0. The van der Waals surface area contributed by atoms with E-state index in [1.165, 1.54) is 38.8 Å². The largest absolute Gasteiger partial charge is 0.308 e. The fraction of sp³-hybridized carbons (Fsp3) is 1.00. The highest BCUT2D eigenvalue weighted by Gasteiger charge is 2.47. The van der Waals surface area contributed by atoms with Crippen molar-refractivity contribution in [2.75, 3.05) is 13.1 Å². The quantitative estimate of drug-likeness (QED) is 0.793. The Morgan fingerprint density at radius 3 is 2.20 bits per heavy atom. The van der Waals surface area contributed by atoms with Crippen LogP contribution in [0.3, 0.4) is 0 Å². The summed E-state index contributed by atoms with van der Waals surface area (Å²) in [6, 6.07) is 1.43. The van der Waals surface area contributed by atoms with Gasteiger partial charge in [0.25, 0.3) is 0 Å². The van der Waals surface area contributed by atoms with Crippen LogP contribution in [0.2, 0.25) is 0 Å². The highest BCUT2D eigenvalue weighted by Crippen LogP contribution is 2.42. The van der Waals surface area contributed by atoms with Crippen molar-refractivity contribution < 1.29 is 0 Å². The molecule has 1 heterocycles. The molecule has 1 saturated carbocycles.